The maximum atomic E-state index is 5.70. The minimum atomic E-state index is 0.688. The molecular weight excluding hydrogens is 230 g/mol. The van der Waals surface area contributed by atoms with Crippen LogP contribution in [0.2, 0.25) is 0 Å². The first-order valence-corrected chi connectivity index (χ1v) is 7.94. The molecule has 1 saturated carbocycles. The van der Waals surface area contributed by atoms with Crippen molar-refractivity contribution in [1.29, 1.82) is 0 Å². The molecule has 2 nitrogen and oxygen atoms in total. The molecule has 1 N–H and O–H groups in total. The SMILES string of the molecule is CCc1ccc(CNC2CCC(SC)CC2)o1. The largest absolute Gasteiger partial charge is 0.465 e. The third kappa shape index (κ3) is 3.78. The Balaban J connectivity index is 1.72. The van der Waals surface area contributed by atoms with Crippen LogP contribution in [0.25, 0.3) is 0 Å². The molecule has 0 aromatic carbocycles. The number of hydrogen-bond donors (Lipinski definition) is 1. The van der Waals surface area contributed by atoms with E-state index in [0.29, 0.717) is 6.04 Å². The van der Waals surface area contributed by atoms with Gasteiger partial charge in [-0.1, -0.05) is 6.92 Å². The summed E-state index contributed by atoms with van der Waals surface area (Å²) in [6, 6.07) is 4.87. The summed E-state index contributed by atoms with van der Waals surface area (Å²) in [5, 5.41) is 4.51. The Morgan fingerprint density at radius 2 is 1.94 bits per heavy atom. The van der Waals surface area contributed by atoms with E-state index in [1.807, 2.05) is 11.8 Å². The van der Waals surface area contributed by atoms with Gasteiger partial charge in [-0.2, -0.15) is 11.8 Å². The zero-order chi connectivity index (χ0) is 12.1. The maximum Gasteiger partial charge on any atom is 0.117 e. The monoisotopic (exact) mass is 253 g/mol. The lowest BCUT2D eigenvalue weighted by Crippen LogP contribution is -2.33. The lowest BCUT2D eigenvalue weighted by molar-refractivity contribution is 0.358. The first kappa shape index (κ1) is 13.0. The average Bonchev–Trinajstić information content (AvgIpc) is 2.85. The van der Waals surface area contributed by atoms with Gasteiger partial charge in [-0.05, 0) is 44.1 Å². The highest BCUT2D eigenvalue weighted by Gasteiger charge is 2.19. The molecule has 0 aliphatic heterocycles. The Morgan fingerprint density at radius 3 is 2.53 bits per heavy atom. The van der Waals surface area contributed by atoms with Crippen molar-refractivity contribution in [3.63, 3.8) is 0 Å². The van der Waals surface area contributed by atoms with Crippen molar-refractivity contribution in [2.45, 2.75) is 56.9 Å². The zero-order valence-corrected chi connectivity index (χ0v) is 11.7. The fourth-order valence-corrected chi connectivity index (χ4v) is 3.20. The van der Waals surface area contributed by atoms with Gasteiger partial charge >= 0.3 is 0 Å². The van der Waals surface area contributed by atoms with Crippen LogP contribution in [0.5, 0.6) is 0 Å². The molecule has 3 heteroatoms. The Labute approximate surface area is 109 Å². The molecule has 17 heavy (non-hydrogen) atoms. The molecule has 0 bridgehead atoms. The van der Waals surface area contributed by atoms with Gasteiger partial charge in [-0.3, -0.25) is 0 Å². The third-order valence-electron chi connectivity index (χ3n) is 3.64. The minimum absolute atomic E-state index is 0.688. The summed E-state index contributed by atoms with van der Waals surface area (Å²) < 4.78 is 5.70. The molecule has 2 rings (SSSR count). The van der Waals surface area contributed by atoms with Crippen LogP contribution >= 0.6 is 11.8 Å². The quantitative estimate of drug-likeness (QED) is 0.868. The van der Waals surface area contributed by atoms with E-state index in [1.165, 1.54) is 25.7 Å². The third-order valence-corrected chi connectivity index (χ3v) is 4.78. The van der Waals surface area contributed by atoms with Crippen LogP contribution in [0.4, 0.5) is 0 Å². The summed E-state index contributed by atoms with van der Waals surface area (Å²) in [7, 11) is 0. The number of aryl methyl sites for hydroxylation is 1. The van der Waals surface area contributed by atoms with E-state index in [1.54, 1.807) is 0 Å². The zero-order valence-electron chi connectivity index (χ0n) is 10.9. The van der Waals surface area contributed by atoms with Crippen LogP contribution in [-0.2, 0) is 13.0 Å². The fourth-order valence-electron chi connectivity index (χ4n) is 2.45. The Bertz CT molecular complexity index is 329. The van der Waals surface area contributed by atoms with Crippen molar-refractivity contribution in [2.75, 3.05) is 6.26 Å². The number of furan rings is 1. The number of rotatable bonds is 5. The van der Waals surface area contributed by atoms with Gasteiger partial charge in [-0.15, -0.1) is 0 Å². The summed E-state index contributed by atoms with van der Waals surface area (Å²) in [5.74, 6) is 2.17. The summed E-state index contributed by atoms with van der Waals surface area (Å²) in [5.41, 5.74) is 0. The molecule has 0 spiro atoms. The standard InChI is InChI=1S/C14H23NOS/c1-3-12-6-7-13(16-12)10-15-11-4-8-14(17-2)9-5-11/h6-7,11,14-15H,3-5,8-10H2,1-2H3. The van der Waals surface area contributed by atoms with Gasteiger partial charge < -0.3 is 9.73 Å². The number of thioether (sulfide) groups is 1. The van der Waals surface area contributed by atoms with Crippen LogP contribution < -0.4 is 5.32 Å². The molecule has 1 aliphatic rings. The van der Waals surface area contributed by atoms with E-state index in [4.69, 9.17) is 4.42 Å². The van der Waals surface area contributed by atoms with Gasteiger partial charge in [0.15, 0.2) is 0 Å². The molecule has 1 aromatic rings. The smallest absolute Gasteiger partial charge is 0.117 e. The molecule has 0 atom stereocenters. The molecule has 0 saturated heterocycles. The molecule has 1 aromatic heterocycles. The van der Waals surface area contributed by atoms with Gasteiger partial charge in [0.05, 0.1) is 6.54 Å². The fraction of sp³-hybridized carbons (Fsp3) is 0.714. The van der Waals surface area contributed by atoms with E-state index >= 15 is 0 Å². The highest BCUT2D eigenvalue weighted by Crippen LogP contribution is 2.27. The van der Waals surface area contributed by atoms with E-state index < -0.39 is 0 Å². The number of nitrogens with one attached hydrogen (secondary N) is 1. The van der Waals surface area contributed by atoms with Crippen molar-refractivity contribution < 1.29 is 4.42 Å². The van der Waals surface area contributed by atoms with E-state index in [-0.39, 0.29) is 0 Å². The molecular formula is C14H23NOS. The molecule has 96 valence electrons. The topological polar surface area (TPSA) is 25.2 Å². The van der Waals surface area contributed by atoms with Gasteiger partial charge in [0.1, 0.15) is 11.5 Å². The van der Waals surface area contributed by atoms with Crippen molar-refractivity contribution in [2.24, 2.45) is 0 Å². The highest BCUT2D eigenvalue weighted by molar-refractivity contribution is 7.99. The molecule has 0 amide bonds. The van der Waals surface area contributed by atoms with Gasteiger partial charge in [0.25, 0.3) is 0 Å². The second kappa shape index (κ2) is 6.50. The van der Waals surface area contributed by atoms with Gasteiger partial charge in [0, 0.05) is 17.7 Å². The van der Waals surface area contributed by atoms with E-state index in [2.05, 4.69) is 30.6 Å². The van der Waals surface area contributed by atoms with E-state index in [9.17, 15) is 0 Å². The van der Waals surface area contributed by atoms with Crippen LogP contribution in [0.15, 0.2) is 16.5 Å². The van der Waals surface area contributed by atoms with Crippen LogP contribution in [-0.4, -0.2) is 17.5 Å². The molecule has 0 unspecified atom stereocenters. The Kier molecular flexibility index (Phi) is 4.99. The first-order valence-electron chi connectivity index (χ1n) is 6.65. The minimum Gasteiger partial charge on any atom is -0.465 e. The molecule has 1 heterocycles. The molecule has 0 radical (unpaired) electrons. The molecule has 1 fully saturated rings. The normalized spacial score (nSPS) is 25.1. The van der Waals surface area contributed by atoms with Crippen LogP contribution in [0.3, 0.4) is 0 Å². The van der Waals surface area contributed by atoms with Crippen molar-refractivity contribution in [1.82, 2.24) is 5.32 Å². The maximum absolute atomic E-state index is 5.70. The predicted molar refractivity (Wildman–Crippen MR) is 74.5 cm³/mol. The lowest BCUT2D eigenvalue weighted by atomic mass is 9.95. The second-order valence-corrected chi connectivity index (χ2v) is 5.95. The summed E-state index contributed by atoms with van der Waals surface area (Å²) in [4.78, 5) is 0. The van der Waals surface area contributed by atoms with Crippen LogP contribution in [0, 0.1) is 0 Å². The second-order valence-electron chi connectivity index (χ2n) is 4.81. The lowest BCUT2D eigenvalue weighted by Gasteiger charge is -2.27. The Hall–Kier alpha value is -0.410. The van der Waals surface area contributed by atoms with Gasteiger partial charge in [0.2, 0.25) is 0 Å². The summed E-state index contributed by atoms with van der Waals surface area (Å²) >= 11 is 2.02. The Morgan fingerprint density at radius 1 is 1.24 bits per heavy atom. The van der Waals surface area contributed by atoms with Crippen LogP contribution in [0.1, 0.15) is 44.1 Å². The number of hydrogen-bond acceptors (Lipinski definition) is 3. The van der Waals surface area contributed by atoms with Gasteiger partial charge in [-0.25, -0.2) is 0 Å². The summed E-state index contributed by atoms with van der Waals surface area (Å²) in [6.07, 6.45) is 8.56. The summed E-state index contributed by atoms with van der Waals surface area (Å²) in [6.45, 7) is 3.01. The van der Waals surface area contributed by atoms with Crippen molar-refractivity contribution in [3.05, 3.63) is 23.7 Å². The average molecular weight is 253 g/mol. The molecule has 1 aliphatic carbocycles. The van der Waals surface area contributed by atoms with Crippen molar-refractivity contribution >= 4 is 11.8 Å². The first-order chi connectivity index (χ1) is 8.31. The van der Waals surface area contributed by atoms with Crippen molar-refractivity contribution in [3.8, 4) is 0 Å². The van der Waals surface area contributed by atoms with E-state index in [0.717, 1.165) is 29.7 Å². The predicted octanol–water partition coefficient (Wildman–Crippen LogP) is 3.61. The highest BCUT2D eigenvalue weighted by atomic mass is 32.2.